The van der Waals surface area contributed by atoms with Crippen molar-refractivity contribution in [3.05, 3.63) is 59.4 Å². The maximum Gasteiger partial charge on any atom is 0.220 e. The lowest BCUT2D eigenvalue weighted by Crippen LogP contribution is -2.44. The smallest absolute Gasteiger partial charge is 0.220 e. The molecule has 0 spiro atoms. The van der Waals surface area contributed by atoms with Crippen LogP contribution in [0.2, 0.25) is 0 Å². The van der Waals surface area contributed by atoms with Gasteiger partial charge in [0.25, 0.3) is 0 Å². The van der Waals surface area contributed by atoms with E-state index in [1.54, 1.807) is 7.11 Å². The number of ether oxygens (including phenoxy) is 1. The molecule has 1 saturated heterocycles. The summed E-state index contributed by atoms with van der Waals surface area (Å²) in [6.07, 6.45) is 3.65. The molecule has 7 heteroatoms. The summed E-state index contributed by atoms with van der Waals surface area (Å²) in [6, 6.07) is 14.1. The number of carbonyl (C=O) groups excluding carboxylic acids is 2. The molecule has 2 heterocycles. The number of amides is 2. The summed E-state index contributed by atoms with van der Waals surface area (Å²) >= 11 is 0. The molecule has 0 unspecified atom stereocenters. The van der Waals surface area contributed by atoms with Crippen molar-refractivity contribution < 1.29 is 14.3 Å². The zero-order valence-electron chi connectivity index (χ0n) is 18.7. The zero-order valence-corrected chi connectivity index (χ0v) is 18.7. The number of rotatable bonds is 9. The van der Waals surface area contributed by atoms with Gasteiger partial charge in [-0.3, -0.25) is 9.59 Å². The van der Waals surface area contributed by atoms with Gasteiger partial charge in [0, 0.05) is 37.4 Å². The SMILES string of the molecule is COc1ccc2nc(CCNC(=O)CC[C@]3(Cc4ccc(C)cc4)CCC(=O)N3)[nH]c2c1. The van der Waals surface area contributed by atoms with Gasteiger partial charge in [-0.25, -0.2) is 4.98 Å². The van der Waals surface area contributed by atoms with Gasteiger partial charge in [-0.15, -0.1) is 0 Å². The van der Waals surface area contributed by atoms with E-state index in [4.69, 9.17) is 4.74 Å². The molecule has 1 atom stereocenters. The van der Waals surface area contributed by atoms with Gasteiger partial charge in [-0.2, -0.15) is 0 Å². The Bertz CT molecular complexity index is 1110. The van der Waals surface area contributed by atoms with E-state index in [2.05, 4.69) is 51.8 Å². The van der Waals surface area contributed by atoms with Crippen molar-refractivity contribution in [1.82, 2.24) is 20.6 Å². The average molecular weight is 435 g/mol. The number of hydrogen-bond acceptors (Lipinski definition) is 4. The maximum absolute atomic E-state index is 12.5. The molecule has 2 amide bonds. The van der Waals surface area contributed by atoms with Gasteiger partial charge >= 0.3 is 0 Å². The fourth-order valence-electron chi connectivity index (χ4n) is 4.33. The first-order chi connectivity index (χ1) is 15.4. The lowest BCUT2D eigenvalue weighted by molar-refractivity contribution is -0.122. The Morgan fingerprint density at radius 1 is 1.22 bits per heavy atom. The van der Waals surface area contributed by atoms with Crippen LogP contribution in [0.4, 0.5) is 0 Å². The van der Waals surface area contributed by atoms with E-state index in [-0.39, 0.29) is 17.4 Å². The Hall–Kier alpha value is -3.35. The molecular weight excluding hydrogens is 404 g/mol. The lowest BCUT2D eigenvalue weighted by atomic mass is 9.84. The number of methoxy groups -OCH3 is 1. The van der Waals surface area contributed by atoms with Crippen molar-refractivity contribution >= 4 is 22.8 Å². The monoisotopic (exact) mass is 434 g/mol. The first kappa shape index (κ1) is 21.9. The number of imidazole rings is 1. The number of nitrogens with zero attached hydrogens (tertiary/aromatic N) is 1. The summed E-state index contributed by atoms with van der Waals surface area (Å²) < 4.78 is 5.24. The van der Waals surface area contributed by atoms with Gasteiger partial charge in [0.15, 0.2) is 0 Å². The first-order valence-corrected chi connectivity index (χ1v) is 11.1. The molecule has 0 saturated carbocycles. The third kappa shape index (κ3) is 5.28. The number of carbonyl (C=O) groups is 2. The molecule has 32 heavy (non-hydrogen) atoms. The molecule has 0 bridgehead atoms. The Balaban J connectivity index is 1.29. The molecule has 1 aromatic heterocycles. The van der Waals surface area contributed by atoms with Crippen LogP contribution in [-0.4, -0.2) is 41.0 Å². The average Bonchev–Trinajstić information content (AvgIpc) is 3.36. The largest absolute Gasteiger partial charge is 0.497 e. The molecule has 4 rings (SSSR count). The number of H-pyrrole nitrogens is 1. The fourth-order valence-corrected chi connectivity index (χ4v) is 4.33. The number of benzene rings is 2. The van der Waals surface area contributed by atoms with Crippen LogP contribution in [0.5, 0.6) is 5.75 Å². The van der Waals surface area contributed by atoms with Gasteiger partial charge in [-0.1, -0.05) is 29.8 Å². The minimum absolute atomic E-state index is 0.00721. The number of aromatic amines is 1. The summed E-state index contributed by atoms with van der Waals surface area (Å²) in [6.45, 7) is 2.57. The van der Waals surface area contributed by atoms with Crippen molar-refractivity contribution in [2.24, 2.45) is 0 Å². The highest BCUT2D eigenvalue weighted by atomic mass is 16.5. The Morgan fingerprint density at radius 2 is 2.03 bits per heavy atom. The number of nitrogens with one attached hydrogen (secondary N) is 3. The predicted octanol–water partition coefficient (Wildman–Crippen LogP) is 3.21. The lowest BCUT2D eigenvalue weighted by Gasteiger charge is -2.29. The van der Waals surface area contributed by atoms with E-state index >= 15 is 0 Å². The zero-order chi connectivity index (χ0) is 22.6. The molecular formula is C25H30N4O3. The highest BCUT2D eigenvalue weighted by Gasteiger charge is 2.37. The van der Waals surface area contributed by atoms with Gasteiger partial charge in [0.1, 0.15) is 11.6 Å². The fraction of sp³-hybridized carbons (Fsp3) is 0.400. The van der Waals surface area contributed by atoms with Crippen molar-refractivity contribution in [2.45, 2.75) is 51.0 Å². The van der Waals surface area contributed by atoms with Gasteiger partial charge in [0.05, 0.1) is 18.1 Å². The number of aromatic nitrogens is 2. The molecule has 3 N–H and O–H groups in total. The van der Waals surface area contributed by atoms with Crippen LogP contribution in [0.15, 0.2) is 42.5 Å². The van der Waals surface area contributed by atoms with Crippen LogP contribution in [-0.2, 0) is 22.4 Å². The molecule has 1 fully saturated rings. The molecule has 2 aromatic carbocycles. The second-order valence-corrected chi connectivity index (χ2v) is 8.66. The van der Waals surface area contributed by atoms with Gasteiger partial charge in [0.2, 0.25) is 11.8 Å². The van der Waals surface area contributed by atoms with E-state index in [1.807, 2.05) is 18.2 Å². The number of fused-ring (bicyclic) bond motifs is 1. The Morgan fingerprint density at radius 3 is 2.75 bits per heavy atom. The van der Waals surface area contributed by atoms with Gasteiger partial charge < -0.3 is 20.4 Å². The predicted molar refractivity (Wildman–Crippen MR) is 124 cm³/mol. The molecule has 0 aliphatic carbocycles. The van der Waals surface area contributed by atoms with Crippen molar-refractivity contribution in [1.29, 1.82) is 0 Å². The third-order valence-corrected chi connectivity index (χ3v) is 6.15. The van der Waals surface area contributed by atoms with E-state index in [9.17, 15) is 9.59 Å². The number of hydrogen-bond donors (Lipinski definition) is 3. The first-order valence-electron chi connectivity index (χ1n) is 11.1. The van der Waals surface area contributed by atoms with Gasteiger partial charge in [-0.05, 0) is 43.9 Å². The molecule has 1 aliphatic rings. The van der Waals surface area contributed by atoms with E-state index in [0.29, 0.717) is 32.2 Å². The standard InChI is InChI=1S/C25H30N4O3/c1-17-3-5-18(6-4-17)16-25(13-10-24(31)29-25)12-9-23(30)26-14-11-22-27-20-8-7-19(32-2)15-21(20)28-22/h3-8,15H,9-14,16H2,1-2H3,(H,26,30)(H,27,28)(H,29,31)/t25-/m1/s1. The highest BCUT2D eigenvalue weighted by Crippen LogP contribution is 2.29. The van der Waals surface area contributed by atoms with E-state index in [1.165, 1.54) is 11.1 Å². The van der Waals surface area contributed by atoms with Crippen molar-refractivity contribution in [2.75, 3.05) is 13.7 Å². The topological polar surface area (TPSA) is 96.1 Å². The minimum Gasteiger partial charge on any atom is -0.497 e. The van der Waals surface area contributed by atoms with Crippen LogP contribution < -0.4 is 15.4 Å². The quantitative estimate of drug-likeness (QED) is 0.482. The summed E-state index contributed by atoms with van der Waals surface area (Å²) in [5.74, 6) is 1.67. The molecule has 168 valence electrons. The normalized spacial score (nSPS) is 18.0. The van der Waals surface area contributed by atoms with Crippen molar-refractivity contribution in [3.63, 3.8) is 0 Å². The second-order valence-electron chi connectivity index (χ2n) is 8.66. The Labute approximate surface area is 188 Å². The third-order valence-electron chi connectivity index (χ3n) is 6.15. The summed E-state index contributed by atoms with van der Waals surface area (Å²) in [5, 5.41) is 6.13. The highest BCUT2D eigenvalue weighted by molar-refractivity contribution is 5.80. The van der Waals surface area contributed by atoms with Crippen LogP contribution in [0.1, 0.15) is 42.6 Å². The maximum atomic E-state index is 12.5. The Kier molecular flexibility index (Phi) is 6.44. The van der Waals surface area contributed by atoms with Crippen LogP contribution in [0, 0.1) is 6.92 Å². The van der Waals surface area contributed by atoms with E-state index in [0.717, 1.165) is 35.4 Å². The van der Waals surface area contributed by atoms with Crippen LogP contribution >= 0.6 is 0 Å². The summed E-state index contributed by atoms with van der Waals surface area (Å²) in [7, 11) is 1.63. The molecule has 3 aromatic rings. The number of aryl methyl sites for hydroxylation is 1. The molecule has 7 nitrogen and oxygen atoms in total. The molecule has 0 radical (unpaired) electrons. The summed E-state index contributed by atoms with van der Waals surface area (Å²) in [4.78, 5) is 32.3. The van der Waals surface area contributed by atoms with Crippen LogP contribution in [0.25, 0.3) is 11.0 Å². The van der Waals surface area contributed by atoms with E-state index < -0.39 is 0 Å². The van der Waals surface area contributed by atoms with Crippen molar-refractivity contribution in [3.8, 4) is 5.75 Å². The molecule has 1 aliphatic heterocycles. The summed E-state index contributed by atoms with van der Waals surface area (Å²) in [5.41, 5.74) is 3.84. The minimum atomic E-state index is -0.346. The second kappa shape index (κ2) is 9.42. The van der Waals surface area contributed by atoms with Crippen LogP contribution in [0.3, 0.4) is 0 Å².